The third kappa shape index (κ3) is 4.06. The summed E-state index contributed by atoms with van der Waals surface area (Å²) in [6.45, 7) is 0. The maximum absolute atomic E-state index is 13.3. The highest BCUT2D eigenvalue weighted by Gasteiger charge is 2.22. The highest BCUT2D eigenvalue weighted by molar-refractivity contribution is 6.36. The van der Waals surface area contributed by atoms with Crippen molar-refractivity contribution in [1.82, 2.24) is 14.9 Å². The predicted molar refractivity (Wildman–Crippen MR) is 99.8 cm³/mol. The van der Waals surface area contributed by atoms with Gasteiger partial charge in [0.25, 0.3) is 0 Å². The molecule has 26 heavy (non-hydrogen) atoms. The van der Waals surface area contributed by atoms with Crippen LogP contribution in [0.4, 0.5) is 4.39 Å². The SMILES string of the molecule is Cn1ccnc1[C@@H](NC(=O)Cc1c(Cl)cccc1Cl)c1ccc(F)cc1. The second-order valence-corrected chi connectivity index (χ2v) is 6.64. The number of imidazole rings is 1. The van der Waals surface area contributed by atoms with Crippen LogP contribution in [0.25, 0.3) is 0 Å². The molecule has 0 unspecified atom stereocenters. The van der Waals surface area contributed by atoms with Crippen molar-refractivity contribution in [3.8, 4) is 0 Å². The maximum Gasteiger partial charge on any atom is 0.225 e. The van der Waals surface area contributed by atoms with Crippen molar-refractivity contribution in [1.29, 1.82) is 0 Å². The van der Waals surface area contributed by atoms with E-state index in [0.717, 1.165) is 5.56 Å². The molecule has 1 atom stereocenters. The van der Waals surface area contributed by atoms with Gasteiger partial charge in [-0.05, 0) is 35.4 Å². The number of hydrogen-bond donors (Lipinski definition) is 1. The predicted octanol–water partition coefficient (Wildman–Crippen LogP) is 4.31. The van der Waals surface area contributed by atoms with Gasteiger partial charge in [0.2, 0.25) is 5.91 Å². The molecule has 3 rings (SSSR count). The number of nitrogens with one attached hydrogen (secondary N) is 1. The molecule has 0 aliphatic rings. The lowest BCUT2D eigenvalue weighted by molar-refractivity contribution is -0.121. The number of hydrogen-bond acceptors (Lipinski definition) is 2. The fraction of sp³-hybridized carbons (Fsp3) is 0.158. The molecule has 1 amide bonds. The van der Waals surface area contributed by atoms with Crippen LogP contribution >= 0.6 is 23.2 Å². The third-order valence-electron chi connectivity index (χ3n) is 4.02. The normalized spacial score (nSPS) is 12.0. The zero-order valence-corrected chi connectivity index (χ0v) is 15.4. The van der Waals surface area contributed by atoms with Crippen molar-refractivity contribution in [3.05, 3.63) is 87.7 Å². The number of amides is 1. The number of halogens is 3. The van der Waals surface area contributed by atoms with Gasteiger partial charge < -0.3 is 9.88 Å². The van der Waals surface area contributed by atoms with Crippen LogP contribution in [-0.2, 0) is 18.3 Å². The minimum absolute atomic E-state index is 0.0284. The quantitative estimate of drug-likeness (QED) is 0.703. The maximum atomic E-state index is 13.3. The molecule has 0 aliphatic carbocycles. The lowest BCUT2D eigenvalue weighted by atomic mass is 10.0. The van der Waals surface area contributed by atoms with Crippen molar-refractivity contribution >= 4 is 29.1 Å². The third-order valence-corrected chi connectivity index (χ3v) is 4.73. The zero-order valence-electron chi connectivity index (χ0n) is 13.9. The lowest BCUT2D eigenvalue weighted by Gasteiger charge is -2.19. The molecular formula is C19H16Cl2FN3O. The van der Waals surface area contributed by atoms with Crippen LogP contribution in [0.2, 0.25) is 10.0 Å². The summed E-state index contributed by atoms with van der Waals surface area (Å²) in [6.07, 6.45) is 3.45. The second kappa shape index (κ2) is 7.89. The van der Waals surface area contributed by atoms with Crippen LogP contribution in [0.5, 0.6) is 0 Å². The van der Waals surface area contributed by atoms with Gasteiger partial charge in [-0.1, -0.05) is 41.4 Å². The monoisotopic (exact) mass is 391 g/mol. The zero-order chi connectivity index (χ0) is 18.7. The number of carbonyl (C=O) groups excluding carboxylic acids is 1. The number of nitrogens with zero attached hydrogens (tertiary/aromatic N) is 2. The van der Waals surface area contributed by atoms with E-state index in [1.165, 1.54) is 12.1 Å². The van der Waals surface area contributed by atoms with Crippen LogP contribution in [0, 0.1) is 5.82 Å². The summed E-state index contributed by atoms with van der Waals surface area (Å²) in [5, 5.41) is 3.80. The Balaban J connectivity index is 1.87. The van der Waals surface area contributed by atoms with E-state index in [0.29, 0.717) is 21.4 Å². The second-order valence-electron chi connectivity index (χ2n) is 5.83. The summed E-state index contributed by atoms with van der Waals surface area (Å²) in [4.78, 5) is 16.9. The minimum Gasteiger partial charge on any atom is -0.342 e. The molecule has 0 fully saturated rings. The number of aromatic nitrogens is 2. The van der Waals surface area contributed by atoms with Crippen molar-refractivity contribution in [2.45, 2.75) is 12.5 Å². The fourth-order valence-corrected chi connectivity index (χ4v) is 3.21. The first-order chi connectivity index (χ1) is 12.5. The van der Waals surface area contributed by atoms with Gasteiger partial charge in [-0.2, -0.15) is 0 Å². The van der Waals surface area contributed by atoms with Crippen molar-refractivity contribution in [2.24, 2.45) is 7.05 Å². The first kappa shape index (κ1) is 18.4. The Kier molecular flexibility index (Phi) is 5.59. The summed E-state index contributed by atoms with van der Waals surface area (Å²) in [7, 11) is 1.83. The minimum atomic E-state index is -0.524. The molecule has 4 nitrogen and oxygen atoms in total. The average Bonchev–Trinajstić information content (AvgIpc) is 3.03. The highest BCUT2D eigenvalue weighted by Crippen LogP contribution is 2.26. The van der Waals surface area contributed by atoms with Crippen LogP contribution in [0.3, 0.4) is 0 Å². The fourth-order valence-electron chi connectivity index (χ4n) is 2.68. The van der Waals surface area contributed by atoms with Crippen LogP contribution in [-0.4, -0.2) is 15.5 Å². The largest absolute Gasteiger partial charge is 0.342 e. The van der Waals surface area contributed by atoms with Crippen LogP contribution < -0.4 is 5.32 Å². The first-order valence-electron chi connectivity index (χ1n) is 7.90. The molecule has 0 bridgehead atoms. The molecule has 2 aromatic carbocycles. The molecular weight excluding hydrogens is 376 g/mol. The Bertz CT molecular complexity index is 905. The van der Waals surface area contributed by atoms with Gasteiger partial charge in [0.05, 0.1) is 6.42 Å². The van der Waals surface area contributed by atoms with Crippen molar-refractivity contribution in [2.75, 3.05) is 0 Å². The van der Waals surface area contributed by atoms with Gasteiger partial charge in [0.1, 0.15) is 17.7 Å². The van der Waals surface area contributed by atoms with E-state index in [4.69, 9.17) is 23.2 Å². The summed E-state index contributed by atoms with van der Waals surface area (Å²) in [6, 6.07) is 10.5. The van der Waals surface area contributed by atoms with Gasteiger partial charge in [-0.15, -0.1) is 0 Å². The molecule has 1 heterocycles. The summed E-state index contributed by atoms with van der Waals surface area (Å²) in [5.41, 5.74) is 1.28. The molecule has 134 valence electrons. The molecule has 0 saturated heterocycles. The van der Waals surface area contributed by atoms with Crippen LogP contribution in [0.15, 0.2) is 54.9 Å². The summed E-state index contributed by atoms with van der Waals surface area (Å²) < 4.78 is 15.1. The smallest absolute Gasteiger partial charge is 0.225 e. The van der Waals surface area contributed by atoms with Crippen molar-refractivity contribution < 1.29 is 9.18 Å². The van der Waals surface area contributed by atoms with E-state index in [9.17, 15) is 9.18 Å². The highest BCUT2D eigenvalue weighted by atomic mass is 35.5. The van der Waals surface area contributed by atoms with E-state index < -0.39 is 6.04 Å². The number of benzene rings is 2. The molecule has 7 heteroatoms. The Hall–Kier alpha value is -2.37. The molecule has 0 spiro atoms. The number of carbonyl (C=O) groups is 1. The van der Waals surface area contributed by atoms with E-state index in [1.807, 2.05) is 7.05 Å². The van der Waals surface area contributed by atoms with E-state index in [1.54, 1.807) is 47.3 Å². The van der Waals surface area contributed by atoms with Crippen LogP contribution in [0.1, 0.15) is 23.0 Å². The Morgan fingerprint density at radius 3 is 2.42 bits per heavy atom. The average molecular weight is 392 g/mol. The number of rotatable bonds is 5. The summed E-state index contributed by atoms with van der Waals surface area (Å²) >= 11 is 12.3. The topological polar surface area (TPSA) is 46.9 Å². The van der Waals surface area contributed by atoms with E-state index in [-0.39, 0.29) is 18.1 Å². The molecule has 0 aliphatic heterocycles. The Morgan fingerprint density at radius 1 is 1.19 bits per heavy atom. The van der Waals surface area contributed by atoms with Crippen molar-refractivity contribution in [3.63, 3.8) is 0 Å². The molecule has 3 aromatic rings. The van der Waals surface area contributed by atoms with Gasteiger partial charge in [0, 0.05) is 29.5 Å². The van der Waals surface area contributed by atoms with Gasteiger partial charge in [-0.25, -0.2) is 9.37 Å². The molecule has 0 radical (unpaired) electrons. The summed E-state index contributed by atoms with van der Waals surface area (Å²) in [5.74, 6) is 0.0223. The van der Waals surface area contributed by atoms with E-state index in [2.05, 4.69) is 10.3 Å². The molecule has 1 N–H and O–H groups in total. The molecule has 1 aromatic heterocycles. The van der Waals surface area contributed by atoms with E-state index >= 15 is 0 Å². The van der Waals surface area contributed by atoms with Gasteiger partial charge in [0.15, 0.2) is 0 Å². The lowest BCUT2D eigenvalue weighted by Crippen LogP contribution is -2.32. The first-order valence-corrected chi connectivity index (χ1v) is 8.66. The molecule has 0 saturated carbocycles. The van der Waals surface area contributed by atoms with Gasteiger partial charge in [-0.3, -0.25) is 4.79 Å². The number of aryl methyl sites for hydroxylation is 1. The Morgan fingerprint density at radius 2 is 1.85 bits per heavy atom. The van der Waals surface area contributed by atoms with Gasteiger partial charge >= 0.3 is 0 Å². The Labute approximate surface area is 160 Å². The standard InChI is InChI=1S/C19H16Cl2FN3O/c1-25-10-9-23-19(25)18(12-5-7-13(22)8-6-12)24-17(26)11-14-15(20)3-2-4-16(14)21/h2-10,18H,11H2,1H3,(H,24,26)/t18-/m0/s1.